The van der Waals surface area contributed by atoms with Gasteiger partial charge >= 0.3 is 17.9 Å². The Hall–Kier alpha value is -6.65. The molecule has 0 aromatic heterocycles. The molecule has 0 radical (unpaired) electrons. The largest absolute Gasteiger partial charge is 0.481 e. The Bertz CT molecular complexity index is 2060. The van der Waals surface area contributed by atoms with E-state index >= 15 is 0 Å². The Morgan fingerprint density at radius 2 is 1.24 bits per heavy atom. The Morgan fingerprint density at radius 1 is 0.644 bits per heavy atom. The number of amides is 2. The normalized spacial score (nSPS) is 13.0. The van der Waals surface area contributed by atoms with Crippen molar-refractivity contribution in [2.75, 3.05) is 6.54 Å². The van der Waals surface area contributed by atoms with E-state index in [2.05, 4.69) is 10.6 Å². The van der Waals surface area contributed by atoms with E-state index in [1.165, 1.54) is 31.2 Å². The van der Waals surface area contributed by atoms with Crippen LogP contribution in [0.5, 0.6) is 0 Å². The number of carboxylic acid groups (broad SMARTS) is 3. The molecule has 3 aromatic carbocycles. The van der Waals surface area contributed by atoms with Gasteiger partial charge in [-0.3, -0.25) is 53.3 Å². The van der Waals surface area contributed by atoms with Gasteiger partial charge in [0.1, 0.15) is 11.6 Å². The maximum absolute atomic E-state index is 14.2. The minimum Gasteiger partial charge on any atom is -0.481 e. The van der Waals surface area contributed by atoms with Gasteiger partial charge in [0.25, 0.3) is 5.69 Å². The monoisotopic (exact) mass is 817 g/mol. The number of carbonyl (C=O) groups excluding carboxylic acids is 6. The molecule has 59 heavy (non-hydrogen) atoms. The van der Waals surface area contributed by atoms with Crippen LogP contribution in [0.15, 0.2) is 66.7 Å². The zero-order chi connectivity index (χ0) is 43.6. The van der Waals surface area contributed by atoms with E-state index < -0.39 is 114 Å². The molecule has 314 valence electrons. The molecule has 4 atom stereocenters. The minimum absolute atomic E-state index is 0.0351. The molecule has 0 heterocycles. The van der Waals surface area contributed by atoms with E-state index in [0.29, 0.717) is 11.1 Å². The molecular weight excluding hydrogens is 770 g/mol. The highest BCUT2D eigenvalue weighted by Crippen LogP contribution is 2.24. The summed E-state index contributed by atoms with van der Waals surface area (Å²) in [6.45, 7) is 0.604. The van der Waals surface area contributed by atoms with E-state index in [9.17, 15) is 58.4 Å². The highest BCUT2D eigenvalue weighted by atomic mass is 16.6. The quantitative estimate of drug-likeness (QED) is 0.0536. The number of non-ortho nitro benzene ring substituents is 1. The number of carbonyl (C=O) groups is 9. The molecule has 0 saturated carbocycles. The van der Waals surface area contributed by atoms with Gasteiger partial charge in [0.15, 0.2) is 11.6 Å². The second-order valence-corrected chi connectivity index (χ2v) is 14.4. The maximum Gasteiger partial charge on any atom is 0.303 e. The van der Waals surface area contributed by atoms with Crippen molar-refractivity contribution >= 4 is 69.3 Å². The van der Waals surface area contributed by atoms with Crippen LogP contribution in [0.3, 0.4) is 0 Å². The first-order chi connectivity index (χ1) is 27.9. The number of carboxylic acids is 3. The summed E-state index contributed by atoms with van der Waals surface area (Å²) in [6.07, 6.45) is -3.63. The molecule has 0 fully saturated rings. The number of aliphatic carboxylic acids is 3. The number of fused-ring (bicyclic) bond motifs is 1. The molecule has 2 amide bonds. The average molecular weight is 818 g/mol. The number of nitro groups is 1. The smallest absolute Gasteiger partial charge is 0.303 e. The van der Waals surface area contributed by atoms with Crippen molar-refractivity contribution in [3.8, 4) is 0 Å². The first kappa shape index (κ1) is 46.7. The predicted molar refractivity (Wildman–Crippen MR) is 210 cm³/mol. The molecular formula is C42H47N3O14. The summed E-state index contributed by atoms with van der Waals surface area (Å²) in [4.78, 5) is 124. The molecule has 3 aromatic rings. The summed E-state index contributed by atoms with van der Waals surface area (Å²) in [6, 6.07) is 16.7. The lowest BCUT2D eigenvalue weighted by Crippen LogP contribution is -2.47. The van der Waals surface area contributed by atoms with Gasteiger partial charge in [0.2, 0.25) is 11.8 Å². The molecule has 0 spiro atoms. The van der Waals surface area contributed by atoms with Gasteiger partial charge in [-0.15, -0.1) is 0 Å². The standard InChI is InChI=1S/C42H47N3O14/c1-25(46)28(11-16-38(50)51)23-37(49)36(22-29-7-4-6-27-5-2-3-8-35(27)29)44-42(57)31(19-26-9-13-32(14-10-26)45(58)59)21-34(48)24-43-41(56)30(12-17-39(52)53)20-33(47)15-18-40(54)55/h2-10,13-14,28,30-31,36H,11-12,15-24H2,1H3,(H,43,56)(H,44,57)(H,50,51)(H,52,53)(H,54,55)/t28-,30-,31-,36+/m1/s1. The van der Waals surface area contributed by atoms with Crippen LogP contribution in [0.25, 0.3) is 10.8 Å². The van der Waals surface area contributed by atoms with Crippen LogP contribution in [0.4, 0.5) is 5.69 Å². The topological polar surface area (TPSA) is 282 Å². The minimum atomic E-state index is -1.25. The van der Waals surface area contributed by atoms with Crippen molar-refractivity contribution in [3.63, 3.8) is 0 Å². The highest BCUT2D eigenvalue weighted by molar-refractivity contribution is 5.96. The summed E-state index contributed by atoms with van der Waals surface area (Å²) < 4.78 is 0. The summed E-state index contributed by atoms with van der Waals surface area (Å²) >= 11 is 0. The van der Waals surface area contributed by atoms with Crippen molar-refractivity contribution in [3.05, 3.63) is 88.0 Å². The van der Waals surface area contributed by atoms with Crippen LogP contribution in [-0.4, -0.2) is 85.7 Å². The second kappa shape index (κ2) is 22.9. The number of hydrogen-bond donors (Lipinski definition) is 5. The maximum atomic E-state index is 14.2. The molecule has 0 saturated heterocycles. The third-order valence-electron chi connectivity index (χ3n) is 9.84. The zero-order valence-corrected chi connectivity index (χ0v) is 32.4. The Morgan fingerprint density at radius 3 is 1.85 bits per heavy atom. The summed E-state index contributed by atoms with van der Waals surface area (Å²) in [7, 11) is 0. The van der Waals surface area contributed by atoms with E-state index in [0.717, 1.165) is 10.8 Å². The Kier molecular flexibility index (Phi) is 18.2. The van der Waals surface area contributed by atoms with Crippen molar-refractivity contribution < 1.29 is 63.4 Å². The van der Waals surface area contributed by atoms with Gasteiger partial charge in [-0.2, -0.15) is 0 Å². The fourth-order valence-electron chi connectivity index (χ4n) is 6.58. The van der Waals surface area contributed by atoms with E-state index in [1.807, 2.05) is 24.3 Å². The molecule has 17 heteroatoms. The molecule has 0 aliphatic rings. The molecule has 5 N–H and O–H groups in total. The van der Waals surface area contributed by atoms with Crippen molar-refractivity contribution in [1.82, 2.24) is 10.6 Å². The first-order valence-electron chi connectivity index (χ1n) is 18.9. The van der Waals surface area contributed by atoms with Gasteiger partial charge in [-0.1, -0.05) is 54.6 Å². The van der Waals surface area contributed by atoms with Crippen molar-refractivity contribution in [2.45, 2.75) is 83.6 Å². The molecule has 0 unspecified atom stereocenters. The molecule has 17 nitrogen and oxygen atoms in total. The summed E-state index contributed by atoms with van der Waals surface area (Å²) in [5.41, 5.74) is 0.871. The third kappa shape index (κ3) is 16.0. The number of ketones is 4. The van der Waals surface area contributed by atoms with Crippen molar-refractivity contribution in [2.24, 2.45) is 17.8 Å². The highest BCUT2D eigenvalue weighted by Gasteiger charge is 2.31. The lowest BCUT2D eigenvalue weighted by atomic mass is 9.87. The molecule has 0 bridgehead atoms. The van der Waals surface area contributed by atoms with E-state index in [-0.39, 0.29) is 50.6 Å². The molecule has 0 aliphatic heterocycles. The number of benzene rings is 3. The fourth-order valence-corrected chi connectivity index (χ4v) is 6.58. The number of hydrogen-bond acceptors (Lipinski definition) is 11. The average Bonchev–Trinajstić information content (AvgIpc) is 3.18. The summed E-state index contributed by atoms with van der Waals surface area (Å²) in [5.74, 6) is -10.8. The first-order valence-corrected chi connectivity index (χ1v) is 18.9. The number of nitro benzene ring substituents is 1. The van der Waals surface area contributed by atoms with Crippen LogP contribution in [-0.2, 0) is 56.0 Å². The zero-order valence-electron chi connectivity index (χ0n) is 32.4. The van der Waals surface area contributed by atoms with Gasteiger partial charge in [-0.05, 0) is 48.1 Å². The molecule has 0 aliphatic carbocycles. The van der Waals surface area contributed by atoms with Gasteiger partial charge in [0, 0.05) is 74.8 Å². The Balaban J connectivity index is 1.90. The van der Waals surface area contributed by atoms with E-state index in [4.69, 9.17) is 10.2 Å². The fraction of sp³-hybridized carbons (Fsp3) is 0.405. The number of rotatable bonds is 27. The van der Waals surface area contributed by atoms with E-state index in [1.54, 1.807) is 18.2 Å². The van der Waals surface area contributed by atoms with Gasteiger partial charge in [0.05, 0.1) is 23.9 Å². The van der Waals surface area contributed by atoms with Crippen LogP contribution in [0.1, 0.15) is 75.8 Å². The number of Topliss-reactive ketones (excluding diaryl/α,β-unsaturated/α-hetero) is 4. The van der Waals surface area contributed by atoms with Gasteiger partial charge < -0.3 is 26.0 Å². The van der Waals surface area contributed by atoms with Crippen LogP contribution >= 0.6 is 0 Å². The lowest BCUT2D eigenvalue weighted by molar-refractivity contribution is -0.384. The van der Waals surface area contributed by atoms with Crippen LogP contribution < -0.4 is 10.6 Å². The SMILES string of the molecule is CC(=O)[C@H](CCC(=O)O)CC(=O)[C@H](Cc1cccc2ccccc12)NC(=O)[C@@H](CC(=O)CNC(=O)[C@H](CCC(=O)O)CC(=O)CCC(=O)O)Cc1ccc([N+](=O)[O-])cc1. The number of nitrogens with one attached hydrogen (secondary N) is 2. The molecule has 3 rings (SSSR count). The Labute approximate surface area is 338 Å². The number of nitrogens with zero attached hydrogens (tertiary/aromatic N) is 1. The van der Waals surface area contributed by atoms with Crippen LogP contribution in [0, 0.1) is 27.9 Å². The predicted octanol–water partition coefficient (Wildman–Crippen LogP) is 4.04. The summed E-state index contributed by atoms with van der Waals surface area (Å²) in [5, 5.41) is 45.3. The second-order valence-electron chi connectivity index (χ2n) is 14.4. The van der Waals surface area contributed by atoms with Crippen LogP contribution in [0.2, 0.25) is 0 Å². The lowest BCUT2D eigenvalue weighted by Gasteiger charge is -2.24. The van der Waals surface area contributed by atoms with Gasteiger partial charge in [-0.25, -0.2) is 0 Å². The van der Waals surface area contributed by atoms with Crippen molar-refractivity contribution in [1.29, 1.82) is 0 Å². The third-order valence-corrected chi connectivity index (χ3v) is 9.84.